The Kier molecular flexibility index (Phi) is 4.94. The molecule has 2 aromatic rings. The van der Waals surface area contributed by atoms with Crippen LogP contribution >= 0.6 is 0 Å². The first-order chi connectivity index (χ1) is 11.5. The zero-order valence-corrected chi connectivity index (χ0v) is 14.4. The van der Waals surface area contributed by atoms with Gasteiger partial charge in [-0.25, -0.2) is 0 Å². The second kappa shape index (κ2) is 7.12. The second-order valence-electron chi connectivity index (χ2n) is 7.01. The van der Waals surface area contributed by atoms with Gasteiger partial charge in [-0.2, -0.15) is 0 Å². The number of hydrogen-bond acceptors (Lipinski definition) is 2. The molecular weight excluding hydrogens is 296 g/mol. The smallest absolute Gasteiger partial charge is 0.165 e. The van der Waals surface area contributed by atoms with Crippen LogP contribution in [0.2, 0.25) is 0 Å². The lowest BCUT2D eigenvalue weighted by Crippen LogP contribution is -2.00. The molecule has 4 rings (SSSR count). The van der Waals surface area contributed by atoms with E-state index in [9.17, 15) is 9.59 Å². The number of hydrogen-bond donors (Lipinski definition) is 0. The molecule has 2 aliphatic carbocycles. The maximum absolute atomic E-state index is 11.5. The summed E-state index contributed by atoms with van der Waals surface area (Å²) in [6, 6.07) is 15.7. The van der Waals surface area contributed by atoms with Gasteiger partial charge in [0.15, 0.2) is 11.6 Å². The summed E-state index contributed by atoms with van der Waals surface area (Å²) >= 11 is 0. The molecule has 0 spiro atoms. The van der Waals surface area contributed by atoms with Crippen LogP contribution in [-0.2, 0) is 0 Å². The highest BCUT2D eigenvalue weighted by Crippen LogP contribution is 2.33. The van der Waals surface area contributed by atoms with Gasteiger partial charge in [0, 0.05) is 23.0 Å². The van der Waals surface area contributed by atoms with Crippen molar-refractivity contribution in [2.24, 2.45) is 11.8 Å². The predicted octanol–water partition coefficient (Wildman–Crippen LogP) is 5.18. The number of rotatable bonds is 4. The monoisotopic (exact) mass is 320 g/mol. The van der Waals surface area contributed by atoms with Gasteiger partial charge in [-0.15, -0.1) is 0 Å². The second-order valence-corrected chi connectivity index (χ2v) is 7.01. The first-order valence-corrected chi connectivity index (χ1v) is 8.76. The third-order valence-electron chi connectivity index (χ3n) is 4.57. The number of aryl methyl sites for hydroxylation is 2. The summed E-state index contributed by atoms with van der Waals surface area (Å²) in [5, 5.41) is 0. The Bertz CT molecular complexity index is 652. The van der Waals surface area contributed by atoms with Crippen LogP contribution in [-0.4, -0.2) is 11.6 Å². The van der Waals surface area contributed by atoms with E-state index in [1.165, 1.54) is 11.1 Å². The van der Waals surface area contributed by atoms with E-state index in [0.29, 0.717) is 23.4 Å². The van der Waals surface area contributed by atoms with Crippen molar-refractivity contribution in [3.05, 3.63) is 70.8 Å². The van der Waals surface area contributed by atoms with Crippen LogP contribution in [0.15, 0.2) is 48.5 Å². The quantitative estimate of drug-likeness (QED) is 0.728. The Morgan fingerprint density at radius 2 is 0.917 bits per heavy atom. The highest BCUT2D eigenvalue weighted by molar-refractivity contribution is 5.99. The summed E-state index contributed by atoms with van der Waals surface area (Å²) < 4.78 is 0. The minimum Gasteiger partial charge on any atom is -0.294 e. The van der Waals surface area contributed by atoms with Gasteiger partial charge in [0.05, 0.1) is 0 Å². The minimum absolute atomic E-state index is 0.329. The molecule has 2 aliphatic rings. The highest BCUT2D eigenvalue weighted by atomic mass is 16.1. The average Bonchev–Trinajstić information content (AvgIpc) is 3.49. The molecule has 0 unspecified atom stereocenters. The summed E-state index contributed by atoms with van der Waals surface area (Å²) in [6.07, 6.45) is 4.36. The van der Waals surface area contributed by atoms with Gasteiger partial charge in [0.1, 0.15) is 0 Å². The van der Waals surface area contributed by atoms with Gasteiger partial charge in [-0.3, -0.25) is 9.59 Å². The van der Waals surface area contributed by atoms with Crippen LogP contribution < -0.4 is 0 Å². The summed E-state index contributed by atoms with van der Waals surface area (Å²) in [7, 11) is 0. The van der Waals surface area contributed by atoms with Crippen molar-refractivity contribution in [1.82, 2.24) is 0 Å². The Morgan fingerprint density at radius 1 is 0.625 bits per heavy atom. The fourth-order valence-corrected chi connectivity index (χ4v) is 2.60. The molecule has 24 heavy (non-hydrogen) atoms. The Morgan fingerprint density at radius 3 is 1.17 bits per heavy atom. The van der Waals surface area contributed by atoms with E-state index >= 15 is 0 Å². The topological polar surface area (TPSA) is 34.1 Å². The van der Waals surface area contributed by atoms with Gasteiger partial charge < -0.3 is 0 Å². The molecule has 0 radical (unpaired) electrons. The standard InChI is InChI=1S/2C11H12O/c2*1-8-2-4-9(5-3-8)11(12)10-6-7-10/h2*2-5,10H,6-7H2,1H3. The molecule has 0 N–H and O–H groups in total. The Labute approximate surface area is 143 Å². The Balaban J connectivity index is 0.000000141. The number of carbonyl (C=O) groups excluding carboxylic acids is 2. The van der Waals surface area contributed by atoms with Crippen molar-refractivity contribution in [2.75, 3.05) is 0 Å². The maximum Gasteiger partial charge on any atom is 0.165 e. The summed E-state index contributed by atoms with van der Waals surface area (Å²) in [5.74, 6) is 1.34. The van der Waals surface area contributed by atoms with E-state index in [2.05, 4.69) is 0 Å². The first-order valence-electron chi connectivity index (χ1n) is 8.76. The van der Waals surface area contributed by atoms with Gasteiger partial charge in [-0.1, -0.05) is 59.7 Å². The normalized spacial score (nSPS) is 16.1. The van der Waals surface area contributed by atoms with Gasteiger partial charge in [0.25, 0.3) is 0 Å². The molecule has 0 aromatic heterocycles. The summed E-state index contributed by atoms with van der Waals surface area (Å²) in [5.41, 5.74) is 4.18. The molecule has 2 heteroatoms. The SMILES string of the molecule is Cc1ccc(C(=O)C2CC2)cc1.Cc1ccc(C(=O)C2CC2)cc1. The van der Waals surface area contributed by atoms with Gasteiger partial charge >= 0.3 is 0 Å². The van der Waals surface area contributed by atoms with Crippen molar-refractivity contribution in [3.63, 3.8) is 0 Å². The van der Waals surface area contributed by atoms with Crippen LogP contribution in [0, 0.1) is 25.7 Å². The van der Waals surface area contributed by atoms with Crippen molar-refractivity contribution in [1.29, 1.82) is 0 Å². The van der Waals surface area contributed by atoms with E-state index < -0.39 is 0 Å². The Hall–Kier alpha value is -2.22. The number of Topliss-reactive ketones (excluding diaryl/α,β-unsaturated/α-hetero) is 2. The lowest BCUT2D eigenvalue weighted by Gasteiger charge is -1.98. The molecule has 2 aromatic carbocycles. The predicted molar refractivity (Wildman–Crippen MR) is 96.5 cm³/mol. The van der Waals surface area contributed by atoms with E-state index in [1.54, 1.807) is 0 Å². The van der Waals surface area contributed by atoms with Crippen LogP contribution in [0.5, 0.6) is 0 Å². The minimum atomic E-state index is 0.329. The summed E-state index contributed by atoms with van der Waals surface area (Å²) in [6.45, 7) is 4.07. The van der Waals surface area contributed by atoms with Crippen molar-refractivity contribution >= 4 is 11.6 Å². The average molecular weight is 320 g/mol. The number of ketones is 2. The maximum atomic E-state index is 11.5. The molecule has 0 bridgehead atoms. The molecule has 2 nitrogen and oxygen atoms in total. The largest absolute Gasteiger partial charge is 0.294 e. The van der Waals surface area contributed by atoms with Gasteiger partial charge in [-0.05, 0) is 39.5 Å². The van der Waals surface area contributed by atoms with E-state index in [1.807, 2.05) is 62.4 Å². The van der Waals surface area contributed by atoms with Crippen molar-refractivity contribution in [2.45, 2.75) is 39.5 Å². The van der Waals surface area contributed by atoms with Crippen LogP contribution in [0.3, 0.4) is 0 Å². The molecule has 124 valence electrons. The zero-order chi connectivity index (χ0) is 17.1. The number of benzene rings is 2. The van der Waals surface area contributed by atoms with E-state index in [4.69, 9.17) is 0 Å². The lowest BCUT2D eigenvalue weighted by molar-refractivity contribution is 0.0960. The molecule has 0 heterocycles. The van der Waals surface area contributed by atoms with E-state index in [0.717, 1.165) is 36.8 Å². The molecule has 0 aliphatic heterocycles. The lowest BCUT2D eigenvalue weighted by atomic mass is 10.1. The van der Waals surface area contributed by atoms with E-state index in [-0.39, 0.29) is 0 Å². The van der Waals surface area contributed by atoms with Crippen LogP contribution in [0.25, 0.3) is 0 Å². The molecule has 2 saturated carbocycles. The molecule has 2 fully saturated rings. The van der Waals surface area contributed by atoms with Crippen LogP contribution in [0.1, 0.15) is 57.5 Å². The van der Waals surface area contributed by atoms with Crippen LogP contribution in [0.4, 0.5) is 0 Å². The first kappa shape index (κ1) is 16.6. The third kappa shape index (κ3) is 4.41. The third-order valence-corrected chi connectivity index (χ3v) is 4.57. The van der Waals surface area contributed by atoms with Crippen molar-refractivity contribution in [3.8, 4) is 0 Å². The molecule has 0 saturated heterocycles. The van der Waals surface area contributed by atoms with Crippen molar-refractivity contribution < 1.29 is 9.59 Å². The molecule has 0 atom stereocenters. The number of carbonyl (C=O) groups is 2. The molecular formula is C22H24O2. The summed E-state index contributed by atoms with van der Waals surface area (Å²) in [4.78, 5) is 23.0. The highest BCUT2D eigenvalue weighted by Gasteiger charge is 2.30. The molecule has 0 amide bonds. The fourth-order valence-electron chi connectivity index (χ4n) is 2.60. The fraction of sp³-hybridized carbons (Fsp3) is 0.364. The zero-order valence-electron chi connectivity index (χ0n) is 14.4. The van der Waals surface area contributed by atoms with Gasteiger partial charge in [0.2, 0.25) is 0 Å².